The third kappa shape index (κ3) is 1.06. The molecule has 78 valence electrons. The van der Waals surface area contributed by atoms with Crippen LogP contribution in [0.25, 0.3) is 10.8 Å². The first-order valence-corrected chi connectivity index (χ1v) is 3.57. The van der Waals surface area contributed by atoms with Gasteiger partial charge in [0, 0.05) is 0 Å². The molecule has 2 heterocycles. The predicted molar refractivity (Wildman–Crippen MR) is 39.8 cm³/mol. The van der Waals surface area contributed by atoms with Crippen molar-refractivity contribution in [1.29, 1.82) is 0 Å². The van der Waals surface area contributed by atoms with Crippen molar-refractivity contribution in [2.24, 2.45) is 0 Å². The van der Waals surface area contributed by atoms with Crippen molar-refractivity contribution in [1.82, 2.24) is 0 Å². The number of fused-ring (bicyclic) bond motifs is 4. The summed E-state index contributed by atoms with van der Waals surface area (Å²) >= 11 is 0. The maximum Gasteiger partial charge on any atom is 0.352 e. The summed E-state index contributed by atoms with van der Waals surface area (Å²) in [5.74, 6) is -7.72. The van der Waals surface area contributed by atoms with E-state index in [-0.39, 0.29) is 0 Å². The van der Waals surface area contributed by atoms with E-state index in [1.54, 1.807) is 0 Å². The van der Waals surface area contributed by atoms with Crippen LogP contribution in [0.15, 0.2) is 14.0 Å². The van der Waals surface area contributed by atoms with Gasteiger partial charge < -0.3 is 4.42 Å². The van der Waals surface area contributed by atoms with Crippen LogP contribution in [0.1, 0.15) is 0 Å². The van der Waals surface area contributed by atoms with Crippen LogP contribution < -0.4 is 11.3 Å². The molecule has 3 aromatic rings. The minimum atomic E-state index is -1.93. The van der Waals surface area contributed by atoms with Gasteiger partial charge in [-0.3, -0.25) is 0 Å². The highest BCUT2D eigenvalue weighted by atomic mass is 19.2. The molecular formula is C8F4O3. The molecule has 0 spiro atoms. The van der Waals surface area contributed by atoms with E-state index in [1.807, 2.05) is 0 Å². The Morgan fingerprint density at radius 1 is 0.667 bits per heavy atom. The molecule has 0 unspecified atom stereocenters. The van der Waals surface area contributed by atoms with Crippen LogP contribution in [0.2, 0.25) is 0 Å². The summed E-state index contributed by atoms with van der Waals surface area (Å²) in [5, 5.41) is -3.08. The highest BCUT2D eigenvalue weighted by Crippen LogP contribution is 2.22. The molecule has 0 amide bonds. The van der Waals surface area contributed by atoms with E-state index < -0.39 is 45.3 Å². The lowest BCUT2D eigenvalue weighted by Gasteiger charge is -1.96. The standard InChI is InChI=1S/C8F4O3/c9-3-1-4(10)6(12)2(5(3)11)8(14)15-7(1)13. The summed E-state index contributed by atoms with van der Waals surface area (Å²) in [6.45, 7) is 0. The van der Waals surface area contributed by atoms with Gasteiger partial charge in [0.05, 0.1) is 0 Å². The molecular weight excluding hydrogens is 220 g/mol. The van der Waals surface area contributed by atoms with E-state index in [4.69, 9.17) is 0 Å². The second-order valence-electron chi connectivity index (χ2n) is 2.68. The molecule has 2 aromatic heterocycles. The molecule has 0 aliphatic rings. The maximum atomic E-state index is 12.9. The van der Waals surface area contributed by atoms with Crippen molar-refractivity contribution < 1.29 is 22.0 Å². The first kappa shape index (κ1) is 9.63. The molecule has 1 aromatic carbocycles. The monoisotopic (exact) mass is 220 g/mol. The van der Waals surface area contributed by atoms with Crippen LogP contribution in [0.4, 0.5) is 17.6 Å². The number of benzene rings is 1. The van der Waals surface area contributed by atoms with Gasteiger partial charge in [0.1, 0.15) is 10.8 Å². The average Bonchev–Trinajstić information content (AvgIpc) is 2.27. The van der Waals surface area contributed by atoms with Gasteiger partial charge in [-0.1, -0.05) is 0 Å². The molecule has 0 saturated heterocycles. The Hall–Kier alpha value is -1.92. The van der Waals surface area contributed by atoms with Gasteiger partial charge in [-0.2, -0.15) is 0 Å². The Kier molecular flexibility index (Phi) is 1.79. The quantitative estimate of drug-likeness (QED) is 0.494. The fraction of sp³-hybridized carbons (Fsp3) is 0. The first-order chi connectivity index (χ1) is 6.95. The Balaban J connectivity index is 3.39. The molecule has 0 atom stereocenters. The zero-order valence-electron chi connectivity index (χ0n) is 6.74. The number of halogens is 4. The highest BCUT2D eigenvalue weighted by Gasteiger charge is 2.26. The van der Waals surface area contributed by atoms with Crippen LogP contribution in [-0.2, 0) is 0 Å². The molecule has 0 radical (unpaired) electrons. The van der Waals surface area contributed by atoms with E-state index in [1.165, 1.54) is 0 Å². The Labute approximate surface area is 77.9 Å². The van der Waals surface area contributed by atoms with E-state index in [9.17, 15) is 27.2 Å². The normalized spacial score (nSPS) is 11.2. The third-order valence-electron chi connectivity index (χ3n) is 1.86. The second kappa shape index (κ2) is 2.78. The zero-order valence-corrected chi connectivity index (χ0v) is 6.74. The van der Waals surface area contributed by atoms with Crippen molar-refractivity contribution >= 4 is 10.8 Å². The molecule has 0 aliphatic heterocycles. The smallest absolute Gasteiger partial charge is 0.352 e. The van der Waals surface area contributed by atoms with E-state index in [2.05, 4.69) is 4.42 Å². The molecule has 3 rings (SSSR count). The highest BCUT2D eigenvalue weighted by molar-refractivity contribution is 5.66. The molecule has 0 saturated carbocycles. The van der Waals surface area contributed by atoms with Crippen molar-refractivity contribution in [2.75, 3.05) is 0 Å². The minimum Gasteiger partial charge on any atom is -0.385 e. The van der Waals surface area contributed by atoms with E-state index >= 15 is 0 Å². The molecule has 3 nitrogen and oxygen atoms in total. The average molecular weight is 220 g/mol. The zero-order chi connectivity index (χ0) is 11.3. The summed E-state index contributed by atoms with van der Waals surface area (Å²) in [6, 6.07) is 0. The Morgan fingerprint density at radius 2 is 0.933 bits per heavy atom. The van der Waals surface area contributed by atoms with Crippen molar-refractivity contribution in [3.63, 3.8) is 0 Å². The molecule has 7 heteroatoms. The fourth-order valence-corrected chi connectivity index (χ4v) is 1.18. The van der Waals surface area contributed by atoms with Gasteiger partial charge >= 0.3 is 11.3 Å². The van der Waals surface area contributed by atoms with Crippen LogP contribution in [0, 0.1) is 23.3 Å². The predicted octanol–water partition coefficient (Wildman–Crippen LogP) is 1.15. The van der Waals surface area contributed by atoms with Gasteiger partial charge in [-0.25, -0.2) is 27.2 Å². The number of hydrogen-bond donors (Lipinski definition) is 0. The van der Waals surface area contributed by atoms with Crippen molar-refractivity contribution in [2.45, 2.75) is 0 Å². The Morgan fingerprint density at radius 3 is 1.20 bits per heavy atom. The molecule has 15 heavy (non-hydrogen) atoms. The maximum absolute atomic E-state index is 12.9. The largest absolute Gasteiger partial charge is 0.385 e. The van der Waals surface area contributed by atoms with Crippen molar-refractivity contribution in [3.8, 4) is 0 Å². The van der Waals surface area contributed by atoms with Crippen LogP contribution in [0.3, 0.4) is 0 Å². The van der Waals surface area contributed by atoms with Crippen LogP contribution >= 0.6 is 0 Å². The van der Waals surface area contributed by atoms with E-state index in [0.717, 1.165) is 0 Å². The van der Waals surface area contributed by atoms with E-state index in [0.29, 0.717) is 0 Å². The van der Waals surface area contributed by atoms with Gasteiger partial charge in [0.2, 0.25) is 0 Å². The lowest BCUT2D eigenvalue weighted by molar-refractivity contribution is 0.480. The summed E-state index contributed by atoms with van der Waals surface area (Å²) in [7, 11) is 0. The fourth-order valence-electron chi connectivity index (χ4n) is 1.18. The molecule has 0 fully saturated rings. The van der Waals surface area contributed by atoms with Gasteiger partial charge in [-0.15, -0.1) is 0 Å². The summed E-state index contributed by atoms with van der Waals surface area (Å²) in [6.07, 6.45) is 0. The lowest BCUT2D eigenvalue weighted by Crippen LogP contribution is -2.03. The molecule has 0 aliphatic carbocycles. The SMILES string of the molecule is O=c1oc(=O)c2c(F)c(F)c1c(F)c2F. The summed E-state index contributed by atoms with van der Waals surface area (Å²) < 4.78 is 55.5. The topological polar surface area (TPSA) is 47.3 Å². The summed E-state index contributed by atoms with van der Waals surface area (Å²) in [5.41, 5.74) is -3.51. The first-order valence-electron chi connectivity index (χ1n) is 3.57. The lowest BCUT2D eigenvalue weighted by atomic mass is 10.2. The number of hydrogen-bond acceptors (Lipinski definition) is 3. The molecule has 2 bridgehead atoms. The van der Waals surface area contributed by atoms with Gasteiger partial charge in [0.15, 0.2) is 23.3 Å². The van der Waals surface area contributed by atoms with Crippen LogP contribution in [0.5, 0.6) is 0 Å². The number of rotatable bonds is 0. The van der Waals surface area contributed by atoms with Gasteiger partial charge in [-0.05, 0) is 0 Å². The van der Waals surface area contributed by atoms with Gasteiger partial charge in [0.25, 0.3) is 0 Å². The molecule has 0 N–H and O–H groups in total. The minimum absolute atomic E-state index is 1.54. The Bertz CT molecular complexity index is 573. The van der Waals surface area contributed by atoms with Crippen LogP contribution in [-0.4, -0.2) is 0 Å². The summed E-state index contributed by atoms with van der Waals surface area (Å²) in [4.78, 5) is 21.6. The third-order valence-corrected chi connectivity index (χ3v) is 1.86. The van der Waals surface area contributed by atoms with Crippen molar-refractivity contribution in [3.05, 3.63) is 44.1 Å². The second-order valence-corrected chi connectivity index (χ2v) is 2.68.